The number of aromatic nitrogens is 3. The molecular weight excluding hydrogens is 238 g/mol. The number of nitrogens with two attached hydrogens (primary N) is 1. The van der Waals surface area contributed by atoms with Crippen molar-refractivity contribution in [3.8, 4) is 0 Å². The van der Waals surface area contributed by atoms with Crippen molar-refractivity contribution in [2.75, 3.05) is 11.9 Å². The van der Waals surface area contributed by atoms with Crippen LogP contribution in [0.5, 0.6) is 0 Å². The summed E-state index contributed by atoms with van der Waals surface area (Å²) < 4.78 is 2.19. The van der Waals surface area contributed by atoms with Crippen LogP contribution >= 0.6 is 0 Å². The Morgan fingerprint density at radius 2 is 1.84 bits per heavy atom. The van der Waals surface area contributed by atoms with E-state index in [0.29, 0.717) is 18.0 Å². The summed E-state index contributed by atoms with van der Waals surface area (Å²) in [5.74, 6) is 3.45. The van der Waals surface area contributed by atoms with Crippen LogP contribution in [0.15, 0.2) is 0 Å². The molecule has 5 heteroatoms. The van der Waals surface area contributed by atoms with Crippen molar-refractivity contribution in [3.05, 3.63) is 5.82 Å². The molecule has 19 heavy (non-hydrogen) atoms. The zero-order valence-electron chi connectivity index (χ0n) is 11.4. The second-order valence-corrected chi connectivity index (χ2v) is 6.47. The molecule has 0 spiro atoms. The lowest BCUT2D eigenvalue weighted by atomic mass is 9.86. The van der Waals surface area contributed by atoms with Crippen LogP contribution in [0.2, 0.25) is 0 Å². The lowest BCUT2D eigenvalue weighted by Gasteiger charge is -2.24. The van der Waals surface area contributed by atoms with Crippen molar-refractivity contribution in [2.45, 2.75) is 62.9 Å². The first-order valence-electron chi connectivity index (χ1n) is 7.77. The minimum atomic E-state index is 0.394. The van der Waals surface area contributed by atoms with Gasteiger partial charge in [0, 0.05) is 18.5 Å². The van der Waals surface area contributed by atoms with Gasteiger partial charge >= 0.3 is 0 Å². The minimum Gasteiger partial charge on any atom is -0.354 e. The van der Waals surface area contributed by atoms with Crippen molar-refractivity contribution < 1.29 is 0 Å². The van der Waals surface area contributed by atoms with Crippen LogP contribution in [-0.4, -0.2) is 27.4 Å². The second-order valence-electron chi connectivity index (χ2n) is 6.47. The predicted molar refractivity (Wildman–Crippen MR) is 74.1 cm³/mol. The number of rotatable bonds is 2. The molecule has 1 unspecified atom stereocenters. The van der Waals surface area contributed by atoms with Crippen LogP contribution in [0.4, 0.5) is 5.95 Å². The molecule has 1 aliphatic heterocycles. The van der Waals surface area contributed by atoms with Crippen LogP contribution in [0.1, 0.15) is 62.7 Å². The average Bonchev–Trinajstić information content (AvgIpc) is 3.17. The fourth-order valence-electron chi connectivity index (χ4n) is 3.61. The normalized spacial score (nSPS) is 34.7. The summed E-state index contributed by atoms with van der Waals surface area (Å²) in [7, 11) is 0. The van der Waals surface area contributed by atoms with E-state index >= 15 is 0 Å². The molecule has 0 saturated heterocycles. The Bertz CT molecular complexity index is 456. The molecule has 5 nitrogen and oxygen atoms in total. The molecule has 1 aromatic heterocycles. The van der Waals surface area contributed by atoms with Gasteiger partial charge in [-0.25, -0.2) is 4.68 Å². The fraction of sp³-hybridized carbons (Fsp3) is 0.857. The number of hydrogen-bond acceptors (Lipinski definition) is 4. The van der Waals surface area contributed by atoms with Crippen molar-refractivity contribution in [3.63, 3.8) is 0 Å². The highest BCUT2D eigenvalue weighted by Crippen LogP contribution is 2.44. The molecule has 104 valence electrons. The van der Waals surface area contributed by atoms with E-state index < -0.39 is 0 Å². The van der Waals surface area contributed by atoms with Gasteiger partial charge in [0.2, 0.25) is 5.95 Å². The average molecular weight is 261 g/mol. The van der Waals surface area contributed by atoms with Gasteiger partial charge in [0.1, 0.15) is 0 Å². The maximum Gasteiger partial charge on any atom is 0.221 e. The van der Waals surface area contributed by atoms with Gasteiger partial charge < -0.3 is 11.1 Å². The maximum atomic E-state index is 5.98. The third-order valence-electron chi connectivity index (χ3n) is 4.99. The van der Waals surface area contributed by atoms with E-state index in [4.69, 9.17) is 15.8 Å². The molecule has 2 aliphatic carbocycles. The molecule has 4 rings (SSSR count). The van der Waals surface area contributed by atoms with Crippen LogP contribution < -0.4 is 11.1 Å². The Morgan fingerprint density at radius 3 is 2.58 bits per heavy atom. The zero-order valence-corrected chi connectivity index (χ0v) is 11.4. The SMILES string of the molecule is NC1CCC(c2nc3n(n2)C(C2CC2)CCN3)CC1. The lowest BCUT2D eigenvalue weighted by molar-refractivity contribution is 0.358. The Morgan fingerprint density at radius 1 is 1.05 bits per heavy atom. The molecule has 3 aliphatic rings. The van der Waals surface area contributed by atoms with Crippen molar-refractivity contribution in [1.29, 1.82) is 0 Å². The molecule has 2 heterocycles. The smallest absolute Gasteiger partial charge is 0.221 e. The van der Waals surface area contributed by atoms with Gasteiger partial charge in [-0.05, 0) is 50.9 Å². The van der Waals surface area contributed by atoms with Crippen LogP contribution in [0, 0.1) is 5.92 Å². The van der Waals surface area contributed by atoms with E-state index in [0.717, 1.165) is 49.9 Å². The fourth-order valence-corrected chi connectivity index (χ4v) is 3.61. The highest BCUT2D eigenvalue weighted by molar-refractivity contribution is 5.29. The van der Waals surface area contributed by atoms with Gasteiger partial charge in [-0.2, -0.15) is 10.1 Å². The van der Waals surface area contributed by atoms with Gasteiger partial charge in [-0.3, -0.25) is 0 Å². The van der Waals surface area contributed by atoms with E-state index in [1.165, 1.54) is 19.3 Å². The molecular formula is C14H23N5. The summed E-state index contributed by atoms with van der Waals surface area (Å²) in [4.78, 5) is 4.76. The molecule has 1 atom stereocenters. The van der Waals surface area contributed by atoms with Crippen LogP contribution in [-0.2, 0) is 0 Å². The summed E-state index contributed by atoms with van der Waals surface area (Å²) in [6.45, 7) is 1.05. The third-order valence-corrected chi connectivity index (χ3v) is 4.99. The molecule has 1 aromatic rings. The van der Waals surface area contributed by atoms with Crippen LogP contribution in [0.3, 0.4) is 0 Å². The topological polar surface area (TPSA) is 68.8 Å². The van der Waals surface area contributed by atoms with E-state index in [9.17, 15) is 0 Å². The van der Waals surface area contributed by atoms with Gasteiger partial charge in [0.05, 0.1) is 6.04 Å². The van der Waals surface area contributed by atoms with Gasteiger partial charge in [0.15, 0.2) is 5.82 Å². The van der Waals surface area contributed by atoms with E-state index in [2.05, 4.69) is 10.00 Å². The molecule has 2 fully saturated rings. The molecule has 0 radical (unpaired) electrons. The first-order chi connectivity index (χ1) is 9.31. The largest absolute Gasteiger partial charge is 0.354 e. The Hall–Kier alpha value is -1.10. The summed E-state index contributed by atoms with van der Waals surface area (Å²) in [6.07, 6.45) is 8.49. The zero-order chi connectivity index (χ0) is 12.8. The van der Waals surface area contributed by atoms with Gasteiger partial charge in [-0.15, -0.1) is 0 Å². The molecule has 2 saturated carbocycles. The van der Waals surface area contributed by atoms with E-state index in [-0.39, 0.29) is 0 Å². The minimum absolute atomic E-state index is 0.394. The Balaban J connectivity index is 1.57. The van der Waals surface area contributed by atoms with Crippen molar-refractivity contribution in [2.24, 2.45) is 11.7 Å². The highest BCUT2D eigenvalue weighted by Gasteiger charge is 2.37. The Kier molecular flexibility index (Phi) is 2.76. The van der Waals surface area contributed by atoms with E-state index in [1.807, 2.05) is 0 Å². The Labute approximate surface area is 114 Å². The number of nitrogens with zero attached hydrogens (tertiary/aromatic N) is 3. The van der Waals surface area contributed by atoms with Crippen molar-refractivity contribution in [1.82, 2.24) is 14.8 Å². The molecule has 0 bridgehead atoms. The summed E-state index contributed by atoms with van der Waals surface area (Å²) >= 11 is 0. The summed E-state index contributed by atoms with van der Waals surface area (Å²) in [5, 5.41) is 8.25. The summed E-state index contributed by atoms with van der Waals surface area (Å²) in [5.41, 5.74) is 5.98. The number of anilines is 1. The monoisotopic (exact) mass is 261 g/mol. The van der Waals surface area contributed by atoms with Crippen LogP contribution in [0.25, 0.3) is 0 Å². The number of fused-ring (bicyclic) bond motifs is 1. The first kappa shape index (κ1) is 11.7. The molecule has 0 amide bonds. The third kappa shape index (κ3) is 2.14. The first-order valence-corrected chi connectivity index (χ1v) is 7.77. The molecule has 3 N–H and O–H groups in total. The standard InChI is InChI=1S/C14H23N5/c15-11-5-3-10(4-6-11)13-17-14-16-8-7-12(9-1-2-9)19(14)18-13/h9-12H,1-8,15H2,(H,16,17,18). The van der Waals surface area contributed by atoms with Gasteiger partial charge in [0.25, 0.3) is 0 Å². The maximum absolute atomic E-state index is 5.98. The number of nitrogens with one attached hydrogen (secondary N) is 1. The van der Waals surface area contributed by atoms with Crippen molar-refractivity contribution >= 4 is 5.95 Å². The van der Waals surface area contributed by atoms with E-state index in [1.54, 1.807) is 0 Å². The van der Waals surface area contributed by atoms with Gasteiger partial charge in [-0.1, -0.05) is 0 Å². The second kappa shape index (κ2) is 4.47. The number of hydrogen-bond donors (Lipinski definition) is 2. The lowest BCUT2D eigenvalue weighted by Crippen LogP contribution is -2.26. The summed E-state index contributed by atoms with van der Waals surface area (Å²) in [6, 6.07) is 0.995. The molecule has 0 aromatic carbocycles. The highest BCUT2D eigenvalue weighted by atomic mass is 15.4. The predicted octanol–water partition coefficient (Wildman–Crippen LogP) is 2.03. The quantitative estimate of drug-likeness (QED) is 0.854.